The zero-order valence-corrected chi connectivity index (χ0v) is 19.1. The summed E-state index contributed by atoms with van der Waals surface area (Å²) in [5.41, 5.74) is 1.99. The van der Waals surface area contributed by atoms with E-state index in [1.807, 2.05) is 12.1 Å². The number of rotatable bonds is 5. The fourth-order valence-electron chi connectivity index (χ4n) is 4.38. The van der Waals surface area contributed by atoms with E-state index in [9.17, 15) is 9.59 Å². The van der Waals surface area contributed by atoms with Crippen molar-refractivity contribution < 1.29 is 19.1 Å². The molecule has 0 saturated carbocycles. The van der Waals surface area contributed by atoms with Crippen molar-refractivity contribution in [2.24, 2.45) is 5.92 Å². The smallest absolute Gasteiger partial charge is 0.257 e. The van der Waals surface area contributed by atoms with Gasteiger partial charge in [-0.05, 0) is 59.7 Å². The molecule has 12 nitrogen and oxygen atoms in total. The number of carbonyl (C=O) groups is 2. The van der Waals surface area contributed by atoms with E-state index in [-0.39, 0.29) is 24.5 Å². The van der Waals surface area contributed by atoms with Gasteiger partial charge in [0.2, 0.25) is 12.7 Å². The standard InChI is InChI=1S/C24H22N8O4/c33-23(15-9-11-31(12-10-15)22-8-7-21-27-29-30-32(21)28-22)26-18-4-2-1-3-17(18)24(34)25-16-5-6-19-20(13-16)36-14-35-19/h1-8,13,15H,9-12,14H2,(H,25,34)(H,26,33). The van der Waals surface area contributed by atoms with Crippen LogP contribution in [0.15, 0.2) is 54.6 Å². The highest BCUT2D eigenvalue weighted by molar-refractivity contribution is 6.10. The van der Waals surface area contributed by atoms with Gasteiger partial charge in [0.05, 0.1) is 11.3 Å². The minimum Gasteiger partial charge on any atom is -0.454 e. The maximum atomic E-state index is 13.1. The van der Waals surface area contributed by atoms with Crippen LogP contribution >= 0.6 is 0 Å². The van der Waals surface area contributed by atoms with E-state index in [4.69, 9.17) is 9.47 Å². The molecule has 0 spiro atoms. The normalized spacial score (nSPS) is 15.2. The Morgan fingerprint density at radius 3 is 2.67 bits per heavy atom. The van der Waals surface area contributed by atoms with Crippen LogP contribution in [-0.2, 0) is 4.79 Å². The van der Waals surface area contributed by atoms with Gasteiger partial charge in [-0.1, -0.05) is 12.1 Å². The highest BCUT2D eigenvalue weighted by Gasteiger charge is 2.27. The SMILES string of the molecule is O=C(Nc1ccc2c(c1)OCO2)c1ccccc1NC(=O)C1CCN(c2ccc3nnnn3n2)CC1. The number of tetrazole rings is 1. The number of para-hydroxylation sites is 1. The van der Waals surface area contributed by atoms with Crippen LogP contribution in [0.25, 0.3) is 5.65 Å². The molecule has 2 amide bonds. The molecule has 0 radical (unpaired) electrons. The summed E-state index contributed by atoms with van der Waals surface area (Å²) in [6, 6.07) is 15.8. The van der Waals surface area contributed by atoms with E-state index in [0.29, 0.717) is 60.0 Å². The van der Waals surface area contributed by atoms with Crippen molar-refractivity contribution in [2.75, 3.05) is 35.4 Å². The number of piperidine rings is 1. The topological polar surface area (TPSA) is 136 Å². The van der Waals surface area contributed by atoms with E-state index in [1.165, 1.54) is 4.63 Å². The number of aromatic nitrogens is 5. The first kappa shape index (κ1) is 21.8. The summed E-state index contributed by atoms with van der Waals surface area (Å²) < 4.78 is 12.1. The van der Waals surface area contributed by atoms with Crippen LogP contribution in [0.5, 0.6) is 11.5 Å². The molecule has 0 atom stereocenters. The molecule has 0 unspecified atom stereocenters. The van der Waals surface area contributed by atoms with Crippen LogP contribution in [0.1, 0.15) is 23.2 Å². The van der Waals surface area contributed by atoms with Crippen LogP contribution in [0, 0.1) is 5.92 Å². The number of amides is 2. The minimum atomic E-state index is -0.330. The summed E-state index contributed by atoms with van der Waals surface area (Å²) in [7, 11) is 0. The first-order valence-corrected chi connectivity index (χ1v) is 11.6. The van der Waals surface area contributed by atoms with Crippen molar-refractivity contribution >= 4 is 34.7 Å². The average molecular weight is 486 g/mol. The molecule has 2 aromatic carbocycles. The molecule has 1 saturated heterocycles. The van der Waals surface area contributed by atoms with E-state index >= 15 is 0 Å². The Morgan fingerprint density at radius 1 is 0.944 bits per heavy atom. The fourth-order valence-corrected chi connectivity index (χ4v) is 4.38. The Morgan fingerprint density at radius 2 is 1.78 bits per heavy atom. The Hall–Kier alpha value is -4.74. The molecule has 182 valence electrons. The Bertz CT molecular complexity index is 1450. The van der Waals surface area contributed by atoms with E-state index < -0.39 is 0 Å². The molecule has 36 heavy (non-hydrogen) atoms. The van der Waals surface area contributed by atoms with Crippen LogP contribution in [0.3, 0.4) is 0 Å². The van der Waals surface area contributed by atoms with Crippen molar-refractivity contribution in [3.8, 4) is 11.5 Å². The predicted molar refractivity (Wildman–Crippen MR) is 129 cm³/mol. The summed E-state index contributed by atoms with van der Waals surface area (Å²) in [6.07, 6.45) is 1.32. The fraction of sp³-hybridized carbons (Fsp3) is 0.250. The molecule has 2 aliphatic heterocycles. The molecule has 1 fully saturated rings. The maximum Gasteiger partial charge on any atom is 0.257 e. The van der Waals surface area contributed by atoms with Crippen molar-refractivity contribution in [3.63, 3.8) is 0 Å². The lowest BCUT2D eigenvalue weighted by Gasteiger charge is -2.32. The third-order valence-corrected chi connectivity index (χ3v) is 6.31. The number of ether oxygens (including phenoxy) is 2. The van der Waals surface area contributed by atoms with Crippen LogP contribution < -0.4 is 25.0 Å². The first-order chi connectivity index (χ1) is 17.6. The third-order valence-electron chi connectivity index (χ3n) is 6.31. The molecule has 4 aromatic rings. The molecular weight excluding hydrogens is 464 g/mol. The molecule has 2 N–H and O–H groups in total. The molecule has 0 aliphatic carbocycles. The number of fused-ring (bicyclic) bond motifs is 2. The average Bonchev–Trinajstić information content (AvgIpc) is 3.58. The van der Waals surface area contributed by atoms with Gasteiger partial charge in [-0.15, -0.1) is 14.8 Å². The summed E-state index contributed by atoms with van der Waals surface area (Å²) in [5, 5.41) is 21.6. The van der Waals surface area contributed by atoms with Gasteiger partial charge in [0.25, 0.3) is 5.91 Å². The molecular formula is C24H22N8O4. The highest BCUT2D eigenvalue weighted by atomic mass is 16.7. The molecule has 12 heteroatoms. The summed E-state index contributed by atoms with van der Waals surface area (Å²) in [6.45, 7) is 1.50. The number of nitrogens with zero attached hydrogens (tertiary/aromatic N) is 6. The number of hydrogen-bond donors (Lipinski definition) is 2. The molecule has 0 bridgehead atoms. The predicted octanol–water partition coefficient (Wildman–Crippen LogP) is 2.36. The third kappa shape index (κ3) is 4.24. The van der Waals surface area contributed by atoms with Gasteiger partial charge in [0.15, 0.2) is 23.0 Å². The van der Waals surface area contributed by atoms with E-state index in [2.05, 4.69) is 36.2 Å². The zero-order valence-electron chi connectivity index (χ0n) is 19.1. The van der Waals surface area contributed by atoms with Crippen molar-refractivity contribution in [3.05, 3.63) is 60.2 Å². The van der Waals surface area contributed by atoms with Gasteiger partial charge < -0.3 is 25.0 Å². The second-order valence-electron chi connectivity index (χ2n) is 8.54. The highest BCUT2D eigenvalue weighted by Crippen LogP contribution is 2.34. The first-order valence-electron chi connectivity index (χ1n) is 11.6. The molecule has 2 aliphatic rings. The van der Waals surface area contributed by atoms with Gasteiger partial charge in [-0.3, -0.25) is 9.59 Å². The monoisotopic (exact) mass is 486 g/mol. The Balaban J connectivity index is 1.09. The summed E-state index contributed by atoms with van der Waals surface area (Å²) in [5.74, 6) is 1.36. The Kier molecular flexibility index (Phi) is 5.52. The second-order valence-corrected chi connectivity index (χ2v) is 8.54. The second kappa shape index (κ2) is 9.13. The van der Waals surface area contributed by atoms with Crippen LogP contribution in [-0.4, -0.2) is 57.0 Å². The Labute approximate surface area is 205 Å². The van der Waals surface area contributed by atoms with Crippen molar-refractivity contribution in [2.45, 2.75) is 12.8 Å². The lowest BCUT2D eigenvalue weighted by atomic mass is 9.95. The summed E-state index contributed by atoms with van der Waals surface area (Å²) >= 11 is 0. The van der Waals surface area contributed by atoms with Gasteiger partial charge in [0.1, 0.15) is 0 Å². The number of carbonyl (C=O) groups excluding carboxylic acids is 2. The quantitative estimate of drug-likeness (QED) is 0.436. The van der Waals surface area contributed by atoms with E-state index in [1.54, 1.807) is 42.5 Å². The number of anilines is 3. The summed E-state index contributed by atoms with van der Waals surface area (Å²) in [4.78, 5) is 28.2. The number of hydrogen-bond acceptors (Lipinski definition) is 9. The van der Waals surface area contributed by atoms with E-state index in [0.717, 1.165) is 5.82 Å². The molecule has 4 heterocycles. The van der Waals surface area contributed by atoms with Gasteiger partial charge in [-0.2, -0.15) is 0 Å². The van der Waals surface area contributed by atoms with Gasteiger partial charge in [-0.25, -0.2) is 0 Å². The largest absolute Gasteiger partial charge is 0.454 e. The lowest BCUT2D eigenvalue weighted by molar-refractivity contribution is -0.120. The van der Waals surface area contributed by atoms with Gasteiger partial charge >= 0.3 is 0 Å². The number of benzene rings is 2. The van der Waals surface area contributed by atoms with Gasteiger partial charge in [0, 0.05) is 30.8 Å². The van der Waals surface area contributed by atoms with Crippen molar-refractivity contribution in [1.82, 2.24) is 25.3 Å². The van der Waals surface area contributed by atoms with Crippen LogP contribution in [0.2, 0.25) is 0 Å². The van der Waals surface area contributed by atoms with Crippen LogP contribution in [0.4, 0.5) is 17.2 Å². The minimum absolute atomic E-state index is 0.109. The molecule has 6 rings (SSSR count). The van der Waals surface area contributed by atoms with Crippen molar-refractivity contribution in [1.29, 1.82) is 0 Å². The molecule has 2 aromatic heterocycles. The number of nitrogens with one attached hydrogen (secondary N) is 2. The maximum absolute atomic E-state index is 13.1. The zero-order chi connectivity index (χ0) is 24.5. The lowest BCUT2D eigenvalue weighted by Crippen LogP contribution is -2.39.